The van der Waals surface area contributed by atoms with Crippen molar-refractivity contribution in [1.82, 2.24) is 4.98 Å². The molecular formula is C14H19N3OS. The number of nitrogens with zero attached hydrogens (tertiary/aromatic N) is 1. The van der Waals surface area contributed by atoms with Crippen molar-refractivity contribution in [3.05, 3.63) is 30.5 Å². The van der Waals surface area contributed by atoms with E-state index in [1.165, 1.54) is 0 Å². The molecule has 0 aliphatic carbocycles. The first-order valence-electron chi connectivity index (χ1n) is 6.28. The van der Waals surface area contributed by atoms with Gasteiger partial charge >= 0.3 is 0 Å². The first-order valence-corrected chi connectivity index (χ1v) is 7.90. The molecule has 2 unspecified atom stereocenters. The average Bonchev–Trinajstić information content (AvgIpc) is 2.38. The molecule has 0 saturated heterocycles. The molecule has 1 aromatic carbocycles. The van der Waals surface area contributed by atoms with Gasteiger partial charge in [-0.3, -0.25) is 9.19 Å². The van der Waals surface area contributed by atoms with Gasteiger partial charge in [0.1, 0.15) is 0 Å². The first-order chi connectivity index (χ1) is 9.08. The maximum Gasteiger partial charge on any atom is 0.0743 e. The molecule has 0 radical (unpaired) electrons. The molecule has 2 aromatic rings. The average molecular weight is 277 g/mol. The molecule has 102 valence electrons. The number of nitrogen functional groups attached to an aromatic ring is 1. The Bertz CT molecular complexity index is 600. The second-order valence-electron chi connectivity index (χ2n) is 4.66. The highest BCUT2D eigenvalue weighted by molar-refractivity contribution is 7.84. The lowest BCUT2D eigenvalue weighted by Gasteiger charge is -2.12. The van der Waals surface area contributed by atoms with Crippen molar-refractivity contribution in [2.75, 3.05) is 23.9 Å². The van der Waals surface area contributed by atoms with Gasteiger partial charge in [-0.25, -0.2) is 0 Å². The lowest BCUT2D eigenvalue weighted by Crippen LogP contribution is -2.14. The molecule has 0 spiro atoms. The monoisotopic (exact) mass is 277 g/mol. The second-order valence-corrected chi connectivity index (χ2v) is 6.46. The highest BCUT2D eigenvalue weighted by Gasteiger charge is 2.06. The quantitative estimate of drug-likeness (QED) is 0.823. The van der Waals surface area contributed by atoms with Crippen molar-refractivity contribution in [2.45, 2.75) is 18.6 Å². The SMILES string of the molecule is CC(CCNc1ccnc2cc(N)ccc12)S(C)=O. The molecule has 1 heterocycles. The lowest BCUT2D eigenvalue weighted by atomic mass is 10.1. The van der Waals surface area contributed by atoms with Gasteiger partial charge in [-0.15, -0.1) is 0 Å². The first kappa shape index (κ1) is 13.8. The summed E-state index contributed by atoms with van der Waals surface area (Å²) >= 11 is 0. The third-order valence-corrected chi connectivity index (χ3v) is 4.57. The molecule has 0 amide bonds. The van der Waals surface area contributed by atoms with Crippen LogP contribution in [0, 0.1) is 0 Å². The number of anilines is 2. The number of aromatic nitrogens is 1. The molecule has 1 aromatic heterocycles. The Morgan fingerprint density at radius 3 is 2.95 bits per heavy atom. The summed E-state index contributed by atoms with van der Waals surface area (Å²) in [6.45, 7) is 2.80. The molecule has 2 atom stereocenters. The van der Waals surface area contributed by atoms with E-state index < -0.39 is 10.8 Å². The maximum absolute atomic E-state index is 11.3. The van der Waals surface area contributed by atoms with Crippen LogP contribution >= 0.6 is 0 Å². The standard InChI is InChI=1S/C14H19N3OS/c1-10(19(2)18)5-7-16-13-6-8-17-14-9-11(15)3-4-12(13)14/h3-4,6,8-10H,5,7,15H2,1-2H3,(H,16,17). The number of benzene rings is 1. The van der Waals surface area contributed by atoms with Gasteiger partial charge in [0.2, 0.25) is 0 Å². The van der Waals surface area contributed by atoms with E-state index in [0.717, 1.165) is 29.6 Å². The largest absolute Gasteiger partial charge is 0.399 e. The van der Waals surface area contributed by atoms with Crippen LogP contribution in [0.4, 0.5) is 11.4 Å². The van der Waals surface area contributed by atoms with Crippen LogP contribution in [0.1, 0.15) is 13.3 Å². The van der Waals surface area contributed by atoms with Crippen molar-refractivity contribution in [1.29, 1.82) is 0 Å². The summed E-state index contributed by atoms with van der Waals surface area (Å²) in [6, 6.07) is 7.66. The van der Waals surface area contributed by atoms with E-state index in [2.05, 4.69) is 10.3 Å². The van der Waals surface area contributed by atoms with Gasteiger partial charge in [0, 0.05) is 51.8 Å². The van der Waals surface area contributed by atoms with Crippen LogP contribution in [-0.4, -0.2) is 27.2 Å². The Morgan fingerprint density at radius 1 is 1.42 bits per heavy atom. The van der Waals surface area contributed by atoms with E-state index in [0.29, 0.717) is 5.69 Å². The van der Waals surface area contributed by atoms with Gasteiger partial charge < -0.3 is 11.1 Å². The molecule has 2 rings (SSSR count). The normalized spacial score (nSPS) is 14.2. The van der Waals surface area contributed by atoms with E-state index in [1.807, 2.05) is 31.2 Å². The number of hydrogen-bond acceptors (Lipinski definition) is 4. The van der Waals surface area contributed by atoms with Gasteiger partial charge in [-0.05, 0) is 30.7 Å². The van der Waals surface area contributed by atoms with E-state index in [1.54, 1.807) is 12.5 Å². The Balaban J connectivity index is 2.11. The molecule has 4 nitrogen and oxygen atoms in total. The fourth-order valence-corrected chi connectivity index (χ4v) is 2.35. The molecule has 0 saturated carbocycles. The lowest BCUT2D eigenvalue weighted by molar-refractivity contribution is 0.672. The van der Waals surface area contributed by atoms with Crippen molar-refractivity contribution >= 4 is 33.1 Å². The highest BCUT2D eigenvalue weighted by Crippen LogP contribution is 2.23. The number of nitrogens with one attached hydrogen (secondary N) is 1. The van der Waals surface area contributed by atoms with E-state index >= 15 is 0 Å². The molecule has 0 aliphatic heterocycles. The maximum atomic E-state index is 11.3. The minimum Gasteiger partial charge on any atom is -0.399 e. The minimum atomic E-state index is -0.767. The van der Waals surface area contributed by atoms with Gasteiger partial charge in [-0.1, -0.05) is 6.92 Å². The highest BCUT2D eigenvalue weighted by atomic mass is 32.2. The fourth-order valence-electron chi connectivity index (χ4n) is 1.90. The van der Waals surface area contributed by atoms with E-state index in [4.69, 9.17) is 5.73 Å². The van der Waals surface area contributed by atoms with Crippen molar-refractivity contribution < 1.29 is 4.21 Å². The van der Waals surface area contributed by atoms with Crippen LogP contribution < -0.4 is 11.1 Å². The zero-order valence-electron chi connectivity index (χ0n) is 11.2. The third-order valence-electron chi connectivity index (χ3n) is 3.20. The molecule has 3 N–H and O–H groups in total. The summed E-state index contributed by atoms with van der Waals surface area (Å²) in [5, 5.41) is 4.64. The molecule has 5 heteroatoms. The molecular weight excluding hydrogens is 258 g/mol. The number of fused-ring (bicyclic) bond motifs is 1. The van der Waals surface area contributed by atoms with Crippen LogP contribution in [0.15, 0.2) is 30.5 Å². The summed E-state index contributed by atoms with van der Waals surface area (Å²) in [7, 11) is -0.767. The Labute approximate surface area is 115 Å². The predicted molar refractivity (Wildman–Crippen MR) is 82.8 cm³/mol. The fraction of sp³-hybridized carbons (Fsp3) is 0.357. The Hall–Kier alpha value is -1.62. The summed E-state index contributed by atoms with van der Waals surface area (Å²) in [5.74, 6) is 0. The smallest absolute Gasteiger partial charge is 0.0743 e. The number of nitrogens with two attached hydrogens (primary N) is 1. The second kappa shape index (κ2) is 6.02. The predicted octanol–water partition coefficient (Wildman–Crippen LogP) is 2.39. The number of pyridine rings is 1. The van der Waals surface area contributed by atoms with Crippen LogP contribution in [0.2, 0.25) is 0 Å². The summed E-state index contributed by atoms with van der Waals surface area (Å²) in [4.78, 5) is 4.31. The van der Waals surface area contributed by atoms with Gasteiger partial charge in [-0.2, -0.15) is 0 Å². The van der Waals surface area contributed by atoms with Gasteiger partial charge in [0.25, 0.3) is 0 Å². The summed E-state index contributed by atoms with van der Waals surface area (Å²) in [6.07, 6.45) is 4.39. The van der Waals surface area contributed by atoms with Crippen LogP contribution in [-0.2, 0) is 10.8 Å². The van der Waals surface area contributed by atoms with Crippen molar-refractivity contribution in [2.24, 2.45) is 0 Å². The number of rotatable bonds is 5. The van der Waals surface area contributed by atoms with Crippen molar-refractivity contribution in [3.63, 3.8) is 0 Å². The molecule has 19 heavy (non-hydrogen) atoms. The summed E-state index contributed by atoms with van der Waals surface area (Å²) in [5.41, 5.74) is 8.39. The number of hydrogen-bond donors (Lipinski definition) is 2. The molecule has 0 aliphatic rings. The van der Waals surface area contributed by atoms with Crippen LogP contribution in [0.3, 0.4) is 0 Å². The van der Waals surface area contributed by atoms with Crippen LogP contribution in [0.25, 0.3) is 10.9 Å². The van der Waals surface area contributed by atoms with Crippen molar-refractivity contribution in [3.8, 4) is 0 Å². The van der Waals surface area contributed by atoms with E-state index in [-0.39, 0.29) is 5.25 Å². The zero-order chi connectivity index (χ0) is 13.8. The Kier molecular flexibility index (Phi) is 4.37. The van der Waals surface area contributed by atoms with E-state index in [9.17, 15) is 4.21 Å². The molecule has 0 fully saturated rings. The topological polar surface area (TPSA) is 68.0 Å². The van der Waals surface area contributed by atoms with Crippen LogP contribution in [0.5, 0.6) is 0 Å². The molecule has 0 bridgehead atoms. The Morgan fingerprint density at radius 2 is 2.21 bits per heavy atom. The zero-order valence-corrected chi connectivity index (χ0v) is 12.0. The van der Waals surface area contributed by atoms with Gasteiger partial charge in [0.15, 0.2) is 0 Å². The summed E-state index contributed by atoms with van der Waals surface area (Å²) < 4.78 is 11.3. The van der Waals surface area contributed by atoms with Gasteiger partial charge in [0.05, 0.1) is 5.52 Å². The third kappa shape index (κ3) is 3.44. The minimum absolute atomic E-state index is 0.205.